The zero-order valence-corrected chi connectivity index (χ0v) is 14.4. The quantitative estimate of drug-likeness (QED) is 0.694. The van der Waals surface area contributed by atoms with Crippen LogP contribution in [0.5, 0.6) is 5.75 Å². The molecular weight excluding hydrogens is 314 g/mol. The minimum Gasteiger partial charge on any atom is -0.489 e. The lowest BCUT2D eigenvalue weighted by Gasteiger charge is -2.16. The summed E-state index contributed by atoms with van der Waals surface area (Å²) < 4.78 is 7.45. The van der Waals surface area contributed by atoms with E-state index in [4.69, 9.17) is 4.74 Å². The van der Waals surface area contributed by atoms with Gasteiger partial charge in [0, 0.05) is 38.0 Å². The van der Waals surface area contributed by atoms with Crippen molar-refractivity contribution in [2.45, 2.75) is 13.2 Å². The monoisotopic (exact) mass is 335 g/mol. The van der Waals surface area contributed by atoms with Crippen LogP contribution < -0.4 is 4.74 Å². The van der Waals surface area contributed by atoms with Crippen molar-refractivity contribution in [3.63, 3.8) is 0 Å². The Balaban J connectivity index is 1.58. The summed E-state index contributed by atoms with van der Waals surface area (Å²) >= 11 is 0. The van der Waals surface area contributed by atoms with Gasteiger partial charge in [-0.05, 0) is 29.8 Å². The molecule has 128 valence electrons. The van der Waals surface area contributed by atoms with E-state index in [2.05, 4.69) is 5.10 Å². The Morgan fingerprint density at radius 2 is 1.80 bits per heavy atom. The fraction of sp³-hybridized carbons (Fsp3) is 0.200. The number of rotatable bonds is 6. The maximum absolute atomic E-state index is 12.5. The van der Waals surface area contributed by atoms with Crippen LogP contribution in [0.1, 0.15) is 21.5 Å². The fourth-order valence-electron chi connectivity index (χ4n) is 2.55. The molecule has 5 nitrogen and oxygen atoms in total. The van der Waals surface area contributed by atoms with Crippen LogP contribution in [0.2, 0.25) is 0 Å². The number of carbonyl (C=O) groups is 1. The predicted octanol–water partition coefficient (Wildman–Crippen LogP) is 3.27. The summed E-state index contributed by atoms with van der Waals surface area (Å²) in [5, 5.41) is 4.12. The normalized spacial score (nSPS) is 10.5. The van der Waals surface area contributed by atoms with Gasteiger partial charge in [-0.25, -0.2) is 0 Å². The zero-order chi connectivity index (χ0) is 17.6. The van der Waals surface area contributed by atoms with E-state index in [1.54, 1.807) is 22.8 Å². The number of carbonyl (C=O) groups excluding carboxylic acids is 1. The van der Waals surface area contributed by atoms with Gasteiger partial charge in [0.05, 0.1) is 6.20 Å². The first-order valence-corrected chi connectivity index (χ1v) is 8.11. The molecule has 1 amide bonds. The third kappa shape index (κ3) is 4.47. The lowest BCUT2D eigenvalue weighted by Crippen LogP contribution is -2.26. The average molecular weight is 335 g/mol. The van der Waals surface area contributed by atoms with Gasteiger partial charge in [0.25, 0.3) is 5.91 Å². The van der Waals surface area contributed by atoms with Crippen LogP contribution in [-0.2, 0) is 20.2 Å². The summed E-state index contributed by atoms with van der Waals surface area (Å²) in [4.78, 5) is 14.2. The second-order valence-electron chi connectivity index (χ2n) is 5.98. The molecule has 0 saturated carbocycles. The molecule has 0 aliphatic carbocycles. The van der Waals surface area contributed by atoms with Crippen molar-refractivity contribution in [3.05, 3.63) is 83.7 Å². The van der Waals surface area contributed by atoms with E-state index >= 15 is 0 Å². The summed E-state index contributed by atoms with van der Waals surface area (Å²) in [6.07, 6.45) is 3.68. The minimum absolute atomic E-state index is 0.0145. The van der Waals surface area contributed by atoms with Crippen molar-refractivity contribution in [2.24, 2.45) is 7.05 Å². The van der Waals surface area contributed by atoms with Crippen molar-refractivity contribution in [1.29, 1.82) is 0 Å². The van der Waals surface area contributed by atoms with Gasteiger partial charge in [-0.3, -0.25) is 9.48 Å². The van der Waals surface area contributed by atoms with Crippen LogP contribution in [0.3, 0.4) is 0 Å². The minimum atomic E-state index is -0.0145. The topological polar surface area (TPSA) is 47.4 Å². The van der Waals surface area contributed by atoms with Gasteiger partial charge < -0.3 is 9.64 Å². The maximum atomic E-state index is 12.5. The molecule has 2 aromatic carbocycles. The van der Waals surface area contributed by atoms with Crippen LogP contribution in [0, 0.1) is 0 Å². The number of benzene rings is 2. The van der Waals surface area contributed by atoms with E-state index in [0.717, 1.165) is 16.9 Å². The zero-order valence-electron chi connectivity index (χ0n) is 14.4. The molecule has 3 aromatic rings. The molecule has 0 atom stereocenters. The third-order valence-electron chi connectivity index (χ3n) is 3.87. The highest BCUT2D eigenvalue weighted by atomic mass is 16.5. The molecule has 0 radical (unpaired) electrons. The van der Waals surface area contributed by atoms with Gasteiger partial charge >= 0.3 is 0 Å². The molecule has 5 heteroatoms. The largest absolute Gasteiger partial charge is 0.489 e. The number of hydrogen-bond acceptors (Lipinski definition) is 3. The SMILES string of the molecule is CN(Cc1cnn(C)c1)C(=O)c1ccc(COc2ccccc2)cc1. The van der Waals surface area contributed by atoms with E-state index < -0.39 is 0 Å². The molecule has 3 rings (SSSR count). The molecule has 0 spiro atoms. The second kappa shape index (κ2) is 7.66. The van der Waals surface area contributed by atoms with Crippen molar-refractivity contribution in [2.75, 3.05) is 7.05 Å². The third-order valence-corrected chi connectivity index (χ3v) is 3.87. The van der Waals surface area contributed by atoms with E-state index in [1.807, 2.05) is 67.8 Å². The summed E-state index contributed by atoms with van der Waals surface area (Å²) in [5.41, 5.74) is 2.69. The number of aromatic nitrogens is 2. The highest BCUT2D eigenvalue weighted by Crippen LogP contribution is 2.13. The highest BCUT2D eigenvalue weighted by molar-refractivity contribution is 5.94. The van der Waals surface area contributed by atoms with E-state index in [9.17, 15) is 4.79 Å². The molecule has 1 aromatic heterocycles. The Bertz CT molecular complexity index is 826. The van der Waals surface area contributed by atoms with Gasteiger partial charge in [0.15, 0.2) is 0 Å². The molecule has 0 bridgehead atoms. The standard InChI is InChI=1S/C20H21N3O2/c1-22(13-17-12-21-23(2)14-17)20(24)18-10-8-16(9-11-18)15-25-19-6-4-3-5-7-19/h3-12,14H,13,15H2,1-2H3. The number of aryl methyl sites for hydroxylation is 1. The van der Waals surface area contributed by atoms with Gasteiger partial charge in [0.2, 0.25) is 0 Å². The van der Waals surface area contributed by atoms with Crippen LogP contribution in [0.25, 0.3) is 0 Å². The van der Waals surface area contributed by atoms with E-state index in [1.165, 1.54) is 0 Å². The average Bonchev–Trinajstić information content (AvgIpc) is 3.05. The first-order valence-electron chi connectivity index (χ1n) is 8.11. The van der Waals surface area contributed by atoms with Gasteiger partial charge in [0.1, 0.15) is 12.4 Å². The Hall–Kier alpha value is -3.08. The van der Waals surface area contributed by atoms with E-state index in [-0.39, 0.29) is 5.91 Å². The lowest BCUT2D eigenvalue weighted by atomic mass is 10.1. The highest BCUT2D eigenvalue weighted by Gasteiger charge is 2.12. The molecular formula is C20H21N3O2. The van der Waals surface area contributed by atoms with Crippen molar-refractivity contribution >= 4 is 5.91 Å². The number of amides is 1. The molecule has 0 saturated heterocycles. The Kier molecular flexibility index (Phi) is 5.14. The summed E-state index contributed by atoms with van der Waals surface area (Å²) in [6, 6.07) is 17.2. The predicted molar refractivity (Wildman–Crippen MR) is 96.2 cm³/mol. The Morgan fingerprint density at radius 1 is 1.08 bits per heavy atom. The molecule has 1 heterocycles. The van der Waals surface area contributed by atoms with Crippen molar-refractivity contribution in [1.82, 2.24) is 14.7 Å². The van der Waals surface area contributed by atoms with Gasteiger partial charge in [-0.1, -0.05) is 30.3 Å². The molecule has 0 aliphatic rings. The number of nitrogens with zero attached hydrogens (tertiary/aromatic N) is 3. The maximum Gasteiger partial charge on any atom is 0.253 e. The van der Waals surface area contributed by atoms with Crippen LogP contribution in [0.4, 0.5) is 0 Å². The van der Waals surface area contributed by atoms with Gasteiger partial charge in [-0.2, -0.15) is 5.10 Å². The first-order chi connectivity index (χ1) is 12.1. The lowest BCUT2D eigenvalue weighted by molar-refractivity contribution is 0.0785. The van der Waals surface area contributed by atoms with E-state index in [0.29, 0.717) is 18.7 Å². The Morgan fingerprint density at radius 3 is 2.44 bits per heavy atom. The number of hydrogen-bond donors (Lipinski definition) is 0. The number of ether oxygens (including phenoxy) is 1. The molecule has 0 fully saturated rings. The van der Waals surface area contributed by atoms with Crippen molar-refractivity contribution < 1.29 is 9.53 Å². The van der Waals surface area contributed by atoms with Crippen LogP contribution >= 0.6 is 0 Å². The summed E-state index contributed by atoms with van der Waals surface area (Å²) in [6.45, 7) is 1.01. The summed E-state index contributed by atoms with van der Waals surface area (Å²) in [5.74, 6) is 0.818. The molecule has 0 aliphatic heterocycles. The van der Waals surface area contributed by atoms with Crippen LogP contribution in [-0.4, -0.2) is 27.6 Å². The van der Waals surface area contributed by atoms with Crippen molar-refractivity contribution in [3.8, 4) is 5.75 Å². The first kappa shape index (κ1) is 16.8. The number of para-hydroxylation sites is 1. The fourth-order valence-corrected chi connectivity index (χ4v) is 2.55. The second-order valence-corrected chi connectivity index (χ2v) is 5.98. The molecule has 25 heavy (non-hydrogen) atoms. The smallest absolute Gasteiger partial charge is 0.253 e. The Labute approximate surface area is 147 Å². The summed E-state index contributed by atoms with van der Waals surface area (Å²) in [7, 11) is 3.66. The molecule has 0 unspecified atom stereocenters. The molecule has 0 N–H and O–H groups in total. The van der Waals surface area contributed by atoms with Crippen LogP contribution in [0.15, 0.2) is 67.0 Å². The van der Waals surface area contributed by atoms with Gasteiger partial charge in [-0.15, -0.1) is 0 Å².